The van der Waals surface area contributed by atoms with Crippen molar-refractivity contribution >= 4 is 17.5 Å². The minimum Gasteiger partial charge on any atom is -0.377 e. The average molecular weight is 281 g/mol. The molecule has 100 valence electrons. The maximum absolute atomic E-state index is 5.98. The minimum atomic E-state index is 0.174. The van der Waals surface area contributed by atoms with Crippen LogP contribution in [0.1, 0.15) is 6.92 Å². The molecule has 1 saturated heterocycles. The molecule has 0 aromatic carbocycles. The van der Waals surface area contributed by atoms with Gasteiger partial charge in [-0.3, -0.25) is 4.57 Å². The topological polar surface area (TPSA) is 69.0 Å². The summed E-state index contributed by atoms with van der Waals surface area (Å²) in [5, 5.41) is 0.174. The van der Waals surface area contributed by atoms with Gasteiger partial charge in [-0.25, -0.2) is 4.98 Å². The third-order valence-electron chi connectivity index (χ3n) is 2.94. The second-order valence-electron chi connectivity index (χ2n) is 4.29. The van der Waals surface area contributed by atoms with E-state index in [2.05, 4.69) is 31.8 Å². The van der Waals surface area contributed by atoms with Gasteiger partial charge in [-0.05, 0) is 18.5 Å². The Hall–Kier alpha value is -1.73. The van der Waals surface area contributed by atoms with Crippen LogP contribution in [0.3, 0.4) is 0 Å². The zero-order chi connectivity index (χ0) is 13.2. The Bertz CT molecular complexity index is 560. The number of ether oxygens (including phenoxy) is 1. The first-order chi connectivity index (χ1) is 9.24. The zero-order valence-electron chi connectivity index (χ0n) is 10.4. The standard InChI is InChI=1S/C11H13ClN6O/c1-8-6-19-5-4-18(8)11-15-9(12)14-10(16-11)17-3-2-13-7-17/h2-3,7-8H,4-6H2,1H3. The van der Waals surface area contributed by atoms with Crippen LogP contribution in [0.5, 0.6) is 0 Å². The summed E-state index contributed by atoms with van der Waals surface area (Å²) in [6.45, 7) is 4.12. The highest BCUT2D eigenvalue weighted by atomic mass is 35.5. The second kappa shape index (κ2) is 5.10. The molecule has 3 rings (SSSR count). The van der Waals surface area contributed by atoms with Crippen molar-refractivity contribution in [1.29, 1.82) is 0 Å². The van der Waals surface area contributed by atoms with Gasteiger partial charge >= 0.3 is 0 Å². The first-order valence-corrected chi connectivity index (χ1v) is 6.36. The zero-order valence-corrected chi connectivity index (χ0v) is 11.2. The van der Waals surface area contributed by atoms with Gasteiger partial charge in [0.2, 0.25) is 17.2 Å². The van der Waals surface area contributed by atoms with Gasteiger partial charge in [0.1, 0.15) is 6.33 Å². The first-order valence-electron chi connectivity index (χ1n) is 5.98. The molecular weight excluding hydrogens is 268 g/mol. The molecule has 1 atom stereocenters. The van der Waals surface area contributed by atoms with Crippen molar-refractivity contribution in [3.05, 3.63) is 24.0 Å². The van der Waals surface area contributed by atoms with Crippen LogP contribution >= 0.6 is 11.6 Å². The molecule has 19 heavy (non-hydrogen) atoms. The van der Waals surface area contributed by atoms with Crippen LogP contribution < -0.4 is 4.90 Å². The number of imidazole rings is 1. The van der Waals surface area contributed by atoms with Gasteiger partial charge in [0, 0.05) is 18.9 Å². The van der Waals surface area contributed by atoms with Crippen LogP contribution in [0.2, 0.25) is 5.28 Å². The normalized spacial score (nSPS) is 19.7. The van der Waals surface area contributed by atoms with Gasteiger partial charge < -0.3 is 9.64 Å². The summed E-state index contributed by atoms with van der Waals surface area (Å²) in [6.07, 6.45) is 5.05. The van der Waals surface area contributed by atoms with Crippen LogP contribution in [0.4, 0.5) is 5.95 Å². The van der Waals surface area contributed by atoms with E-state index in [1.54, 1.807) is 23.3 Å². The summed E-state index contributed by atoms with van der Waals surface area (Å²) in [4.78, 5) is 18.8. The quantitative estimate of drug-likeness (QED) is 0.815. The van der Waals surface area contributed by atoms with Crippen molar-refractivity contribution in [2.24, 2.45) is 0 Å². The van der Waals surface area contributed by atoms with Crippen LogP contribution in [0.25, 0.3) is 5.95 Å². The summed E-state index contributed by atoms with van der Waals surface area (Å²) in [6, 6.07) is 0.211. The molecule has 0 bridgehead atoms. The van der Waals surface area contributed by atoms with E-state index in [4.69, 9.17) is 16.3 Å². The Balaban J connectivity index is 1.97. The molecular formula is C11H13ClN6O. The third-order valence-corrected chi connectivity index (χ3v) is 3.11. The summed E-state index contributed by atoms with van der Waals surface area (Å²) >= 11 is 5.98. The number of halogens is 1. The van der Waals surface area contributed by atoms with Crippen molar-refractivity contribution in [2.45, 2.75) is 13.0 Å². The van der Waals surface area contributed by atoms with Crippen molar-refractivity contribution in [2.75, 3.05) is 24.7 Å². The monoisotopic (exact) mass is 280 g/mol. The summed E-state index contributed by atoms with van der Waals surface area (Å²) < 4.78 is 7.10. The fourth-order valence-corrected chi connectivity index (χ4v) is 2.13. The summed E-state index contributed by atoms with van der Waals surface area (Å²) in [5.41, 5.74) is 0. The largest absolute Gasteiger partial charge is 0.377 e. The molecule has 1 fully saturated rings. The van der Waals surface area contributed by atoms with E-state index in [1.165, 1.54) is 0 Å². The van der Waals surface area contributed by atoms with Gasteiger partial charge in [0.15, 0.2) is 0 Å². The molecule has 0 amide bonds. The molecule has 2 aromatic rings. The first kappa shape index (κ1) is 12.3. The fraction of sp³-hybridized carbons (Fsp3) is 0.455. The van der Waals surface area contributed by atoms with Crippen molar-refractivity contribution in [3.63, 3.8) is 0 Å². The maximum Gasteiger partial charge on any atom is 0.241 e. The Morgan fingerprint density at radius 1 is 1.32 bits per heavy atom. The maximum atomic E-state index is 5.98. The fourth-order valence-electron chi connectivity index (χ4n) is 1.98. The molecule has 0 saturated carbocycles. The highest BCUT2D eigenvalue weighted by molar-refractivity contribution is 6.28. The molecule has 0 spiro atoms. The van der Waals surface area contributed by atoms with E-state index in [1.807, 2.05) is 0 Å². The van der Waals surface area contributed by atoms with E-state index in [9.17, 15) is 0 Å². The lowest BCUT2D eigenvalue weighted by Gasteiger charge is -2.33. The highest BCUT2D eigenvalue weighted by Crippen LogP contribution is 2.17. The summed E-state index contributed by atoms with van der Waals surface area (Å²) in [7, 11) is 0. The number of aromatic nitrogens is 5. The number of morpholine rings is 1. The highest BCUT2D eigenvalue weighted by Gasteiger charge is 2.22. The van der Waals surface area contributed by atoms with E-state index >= 15 is 0 Å². The Kier molecular flexibility index (Phi) is 3.31. The molecule has 0 radical (unpaired) electrons. The molecule has 2 aromatic heterocycles. The van der Waals surface area contributed by atoms with Crippen LogP contribution in [-0.4, -0.2) is 50.3 Å². The molecule has 1 aliphatic rings. The smallest absolute Gasteiger partial charge is 0.241 e. The lowest BCUT2D eigenvalue weighted by atomic mass is 10.3. The molecule has 1 aliphatic heterocycles. The lowest BCUT2D eigenvalue weighted by molar-refractivity contribution is 0.0980. The molecule has 0 N–H and O–H groups in total. The van der Waals surface area contributed by atoms with E-state index < -0.39 is 0 Å². The van der Waals surface area contributed by atoms with Crippen molar-refractivity contribution in [1.82, 2.24) is 24.5 Å². The SMILES string of the molecule is CC1COCCN1c1nc(Cl)nc(-n2ccnc2)n1. The van der Waals surface area contributed by atoms with E-state index in [-0.39, 0.29) is 11.3 Å². The molecule has 8 heteroatoms. The summed E-state index contributed by atoms with van der Waals surface area (Å²) in [5.74, 6) is 1.03. The number of nitrogens with zero attached hydrogens (tertiary/aromatic N) is 6. The predicted octanol–water partition coefficient (Wildman–Crippen LogP) is 0.936. The third kappa shape index (κ3) is 2.52. The predicted molar refractivity (Wildman–Crippen MR) is 69.6 cm³/mol. The number of hydrogen-bond donors (Lipinski definition) is 0. The molecule has 3 heterocycles. The van der Waals surface area contributed by atoms with Gasteiger partial charge in [0.05, 0.1) is 19.3 Å². The van der Waals surface area contributed by atoms with Crippen LogP contribution in [-0.2, 0) is 4.74 Å². The average Bonchev–Trinajstić information content (AvgIpc) is 2.92. The Morgan fingerprint density at radius 3 is 2.89 bits per heavy atom. The molecule has 7 nitrogen and oxygen atoms in total. The Labute approximate surface area is 115 Å². The number of rotatable bonds is 2. The van der Waals surface area contributed by atoms with Crippen LogP contribution in [0, 0.1) is 0 Å². The number of hydrogen-bond acceptors (Lipinski definition) is 6. The van der Waals surface area contributed by atoms with E-state index in [0.717, 1.165) is 6.54 Å². The van der Waals surface area contributed by atoms with Crippen molar-refractivity contribution in [3.8, 4) is 5.95 Å². The molecule has 1 unspecified atom stereocenters. The van der Waals surface area contributed by atoms with Crippen LogP contribution in [0.15, 0.2) is 18.7 Å². The van der Waals surface area contributed by atoms with E-state index in [0.29, 0.717) is 25.1 Å². The van der Waals surface area contributed by atoms with Gasteiger partial charge in [-0.2, -0.15) is 15.0 Å². The van der Waals surface area contributed by atoms with Gasteiger partial charge in [-0.1, -0.05) is 0 Å². The van der Waals surface area contributed by atoms with Gasteiger partial charge in [0.25, 0.3) is 0 Å². The van der Waals surface area contributed by atoms with Crippen molar-refractivity contribution < 1.29 is 4.74 Å². The Morgan fingerprint density at radius 2 is 2.16 bits per heavy atom. The lowest BCUT2D eigenvalue weighted by Crippen LogP contribution is -2.44. The van der Waals surface area contributed by atoms with Gasteiger partial charge in [-0.15, -0.1) is 0 Å². The minimum absolute atomic E-state index is 0.174. The molecule has 0 aliphatic carbocycles. The number of anilines is 1. The second-order valence-corrected chi connectivity index (χ2v) is 4.63.